The molecule has 1 heterocycles. The lowest BCUT2D eigenvalue weighted by Crippen LogP contribution is -2.38. The van der Waals surface area contributed by atoms with Crippen LogP contribution in [0.3, 0.4) is 0 Å². The number of nitrogens with one attached hydrogen (secondary N) is 1. The van der Waals surface area contributed by atoms with Crippen LogP contribution in [-0.4, -0.2) is 23.5 Å². The standard InChI is InChI=1S/C14H26N2S/c1-13(2,3)8-11-9-15-12(17-11)16-10-14(4)6-5-7-14/h11H,5-10H2,1-4H3,(H,15,16). The summed E-state index contributed by atoms with van der Waals surface area (Å²) >= 11 is 1.95. The average Bonchev–Trinajstić information content (AvgIpc) is 2.57. The van der Waals surface area contributed by atoms with Gasteiger partial charge in [0.15, 0.2) is 5.17 Å². The highest BCUT2D eigenvalue weighted by atomic mass is 32.2. The number of hydrogen-bond acceptors (Lipinski definition) is 3. The Balaban J connectivity index is 1.70. The summed E-state index contributed by atoms with van der Waals surface area (Å²) in [5.41, 5.74) is 0.966. The number of thioether (sulfide) groups is 1. The van der Waals surface area contributed by atoms with Gasteiger partial charge in [-0.05, 0) is 30.1 Å². The van der Waals surface area contributed by atoms with Crippen molar-refractivity contribution in [3.05, 3.63) is 0 Å². The molecule has 2 aliphatic rings. The highest BCUT2D eigenvalue weighted by molar-refractivity contribution is 8.14. The van der Waals surface area contributed by atoms with Gasteiger partial charge in [-0.25, -0.2) is 0 Å². The molecule has 0 aromatic heterocycles. The van der Waals surface area contributed by atoms with E-state index in [-0.39, 0.29) is 0 Å². The fraction of sp³-hybridized carbons (Fsp3) is 0.929. The summed E-state index contributed by atoms with van der Waals surface area (Å²) in [6, 6.07) is 0. The van der Waals surface area contributed by atoms with E-state index in [0.717, 1.165) is 13.1 Å². The van der Waals surface area contributed by atoms with Crippen LogP contribution in [0.1, 0.15) is 53.4 Å². The van der Waals surface area contributed by atoms with Crippen molar-refractivity contribution in [3.63, 3.8) is 0 Å². The van der Waals surface area contributed by atoms with E-state index in [4.69, 9.17) is 0 Å². The monoisotopic (exact) mass is 254 g/mol. The molecule has 0 radical (unpaired) electrons. The van der Waals surface area contributed by atoms with Gasteiger partial charge in [-0.2, -0.15) is 0 Å². The van der Waals surface area contributed by atoms with Crippen LogP contribution in [0.4, 0.5) is 0 Å². The average molecular weight is 254 g/mol. The maximum Gasteiger partial charge on any atom is 0.156 e. The predicted octanol–water partition coefficient (Wildman–Crippen LogP) is 3.67. The Kier molecular flexibility index (Phi) is 3.77. The summed E-state index contributed by atoms with van der Waals surface area (Å²) in [6.45, 7) is 11.4. The molecule has 1 unspecified atom stereocenters. The zero-order valence-electron chi connectivity index (χ0n) is 11.7. The second-order valence-corrected chi connectivity index (χ2v) is 8.46. The van der Waals surface area contributed by atoms with Gasteiger partial charge >= 0.3 is 0 Å². The molecule has 1 aliphatic carbocycles. The van der Waals surface area contributed by atoms with Crippen LogP contribution in [-0.2, 0) is 0 Å². The van der Waals surface area contributed by atoms with E-state index in [0.29, 0.717) is 16.1 Å². The molecule has 2 nitrogen and oxygen atoms in total. The van der Waals surface area contributed by atoms with Crippen molar-refractivity contribution in [2.75, 3.05) is 13.1 Å². The Hall–Kier alpha value is -0.180. The molecule has 0 saturated heterocycles. The minimum atomic E-state index is 0.419. The summed E-state index contributed by atoms with van der Waals surface area (Å²) in [7, 11) is 0. The number of aliphatic imine (C=N–C) groups is 1. The van der Waals surface area contributed by atoms with E-state index < -0.39 is 0 Å². The van der Waals surface area contributed by atoms with Crippen LogP contribution >= 0.6 is 11.8 Å². The van der Waals surface area contributed by atoms with Crippen LogP contribution < -0.4 is 5.32 Å². The molecule has 0 bridgehead atoms. The molecule has 2 rings (SSSR count). The van der Waals surface area contributed by atoms with E-state index in [1.54, 1.807) is 0 Å². The van der Waals surface area contributed by atoms with Gasteiger partial charge in [-0.15, -0.1) is 0 Å². The Morgan fingerprint density at radius 3 is 2.65 bits per heavy atom. The minimum Gasteiger partial charge on any atom is -0.364 e. The number of hydrogen-bond donors (Lipinski definition) is 1. The van der Waals surface area contributed by atoms with Crippen molar-refractivity contribution in [3.8, 4) is 0 Å². The normalized spacial score (nSPS) is 27.5. The Morgan fingerprint density at radius 2 is 2.12 bits per heavy atom. The number of nitrogens with zero attached hydrogens (tertiary/aromatic N) is 1. The largest absolute Gasteiger partial charge is 0.364 e. The molecule has 17 heavy (non-hydrogen) atoms. The van der Waals surface area contributed by atoms with Gasteiger partial charge < -0.3 is 5.32 Å². The molecule has 0 aromatic rings. The van der Waals surface area contributed by atoms with Gasteiger partial charge in [0.1, 0.15) is 0 Å². The van der Waals surface area contributed by atoms with E-state index >= 15 is 0 Å². The lowest BCUT2D eigenvalue weighted by Gasteiger charge is -2.38. The second kappa shape index (κ2) is 4.83. The highest BCUT2D eigenvalue weighted by Crippen LogP contribution is 2.40. The molecule has 1 N–H and O–H groups in total. The first kappa shape index (κ1) is 13.3. The lowest BCUT2D eigenvalue weighted by molar-refractivity contribution is 0.166. The maximum atomic E-state index is 4.63. The topological polar surface area (TPSA) is 24.4 Å². The third-order valence-corrected chi connectivity index (χ3v) is 4.93. The minimum absolute atomic E-state index is 0.419. The molecule has 0 amide bonds. The van der Waals surface area contributed by atoms with Gasteiger partial charge in [0.2, 0.25) is 0 Å². The molecule has 0 spiro atoms. The summed E-state index contributed by atoms with van der Waals surface area (Å²) in [4.78, 5) is 4.63. The molecule has 0 aromatic carbocycles. The quantitative estimate of drug-likeness (QED) is 0.831. The van der Waals surface area contributed by atoms with Gasteiger partial charge in [0, 0.05) is 11.8 Å². The summed E-state index contributed by atoms with van der Waals surface area (Å²) in [6.07, 6.45) is 5.42. The fourth-order valence-corrected chi connectivity index (χ4v) is 3.90. The molecule has 1 fully saturated rings. The summed E-state index contributed by atoms with van der Waals surface area (Å²) < 4.78 is 0. The van der Waals surface area contributed by atoms with Crippen LogP contribution in [0.5, 0.6) is 0 Å². The third-order valence-electron chi connectivity index (χ3n) is 3.78. The highest BCUT2D eigenvalue weighted by Gasteiger charge is 2.32. The zero-order valence-corrected chi connectivity index (χ0v) is 12.5. The van der Waals surface area contributed by atoms with E-state index in [1.807, 2.05) is 11.8 Å². The SMILES string of the molecule is CC(C)(C)CC1CN=C(NCC2(C)CCC2)S1. The first-order chi connectivity index (χ1) is 7.86. The molecule has 1 saturated carbocycles. The van der Waals surface area contributed by atoms with E-state index in [9.17, 15) is 0 Å². The fourth-order valence-electron chi connectivity index (χ4n) is 2.55. The molecular weight excluding hydrogens is 228 g/mol. The van der Waals surface area contributed by atoms with E-state index in [1.165, 1.54) is 30.9 Å². The first-order valence-corrected chi connectivity index (χ1v) is 7.69. The first-order valence-electron chi connectivity index (χ1n) is 6.81. The zero-order chi connectivity index (χ0) is 12.5. The van der Waals surface area contributed by atoms with Crippen LogP contribution in [0.2, 0.25) is 0 Å². The lowest BCUT2D eigenvalue weighted by atomic mass is 9.70. The number of amidine groups is 1. The summed E-state index contributed by atoms with van der Waals surface area (Å²) in [5.74, 6) is 0. The molecule has 1 atom stereocenters. The van der Waals surface area contributed by atoms with Gasteiger partial charge in [-0.3, -0.25) is 4.99 Å². The smallest absolute Gasteiger partial charge is 0.156 e. The number of rotatable bonds is 3. The molecule has 98 valence electrons. The molecular formula is C14H26N2S. The van der Waals surface area contributed by atoms with Gasteiger partial charge in [0.05, 0.1) is 6.54 Å². The molecule has 1 aliphatic heterocycles. The Morgan fingerprint density at radius 1 is 1.41 bits per heavy atom. The third kappa shape index (κ3) is 3.90. The maximum absolute atomic E-state index is 4.63. The Labute approximate surface area is 110 Å². The van der Waals surface area contributed by atoms with Crippen molar-refractivity contribution >= 4 is 16.9 Å². The van der Waals surface area contributed by atoms with Gasteiger partial charge in [-0.1, -0.05) is 45.9 Å². The van der Waals surface area contributed by atoms with Crippen molar-refractivity contribution in [1.82, 2.24) is 5.32 Å². The van der Waals surface area contributed by atoms with Crippen molar-refractivity contribution in [2.24, 2.45) is 15.8 Å². The van der Waals surface area contributed by atoms with Gasteiger partial charge in [0.25, 0.3) is 0 Å². The van der Waals surface area contributed by atoms with Crippen LogP contribution in [0, 0.1) is 10.8 Å². The van der Waals surface area contributed by atoms with Crippen molar-refractivity contribution in [1.29, 1.82) is 0 Å². The molecule has 3 heteroatoms. The predicted molar refractivity (Wildman–Crippen MR) is 77.7 cm³/mol. The van der Waals surface area contributed by atoms with Crippen LogP contribution in [0.15, 0.2) is 4.99 Å². The van der Waals surface area contributed by atoms with Crippen LogP contribution in [0.25, 0.3) is 0 Å². The second-order valence-electron chi connectivity index (χ2n) is 7.17. The Bertz CT molecular complexity index is 300. The van der Waals surface area contributed by atoms with Crippen molar-refractivity contribution in [2.45, 2.75) is 58.6 Å². The van der Waals surface area contributed by atoms with E-state index in [2.05, 4.69) is 38.0 Å². The van der Waals surface area contributed by atoms with Crippen molar-refractivity contribution < 1.29 is 0 Å². The summed E-state index contributed by atoms with van der Waals surface area (Å²) in [5, 5.41) is 5.43.